The number of benzene rings is 2. The van der Waals surface area contributed by atoms with E-state index in [1.54, 1.807) is 36.5 Å². The largest absolute Gasteiger partial charge is 0.480 e. The van der Waals surface area contributed by atoms with Gasteiger partial charge in [-0.2, -0.15) is 12.6 Å². The predicted octanol–water partition coefficient (Wildman–Crippen LogP) is -1.24. The molecule has 0 saturated carbocycles. The number of hydrogen-bond acceptors (Lipinski definition) is 10. The van der Waals surface area contributed by atoms with Gasteiger partial charge in [-0.05, 0) is 37.0 Å². The van der Waals surface area contributed by atoms with Crippen LogP contribution < -0.4 is 43.8 Å². The van der Waals surface area contributed by atoms with E-state index in [1.807, 2.05) is 24.3 Å². The van der Waals surface area contributed by atoms with Gasteiger partial charge in [0.2, 0.25) is 29.5 Å². The summed E-state index contributed by atoms with van der Waals surface area (Å²) in [6, 6.07) is 8.84. The van der Waals surface area contributed by atoms with E-state index in [9.17, 15) is 33.9 Å². The monoisotopic (exact) mass is 818 g/mol. The molecule has 5 amide bonds. The molecule has 14 N–H and O–H groups in total. The minimum atomic E-state index is -1.36. The fourth-order valence-electron chi connectivity index (χ4n) is 5.96. The smallest absolute Gasteiger partial charge is 0.326 e. The SMILES string of the molecule is C[C@@H](NC(=O)[C@@H](N)CS)C(=O)N[C@@H](Cc1cnc[nH]1)C(=O)N[C@H](Cc1ccccc1)C(=O)N[C@@H](CCCN=C(N)N)C(=O)N[C@@H](Cc1c[nH]c2ccccc12)C(=O)O. The van der Waals surface area contributed by atoms with E-state index in [4.69, 9.17) is 17.2 Å². The molecule has 4 aromatic rings. The Hall–Kier alpha value is -6.41. The van der Waals surface area contributed by atoms with Crippen LogP contribution in [0.3, 0.4) is 0 Å². The van der Waals surface area contributed by atoms with Crippen molar-refractivity contribution in [2.75, 3.05) is 12.3 Å². The number of nitrogens with zero attached hydrogens (tertiary/aromatic N) is 2. The van der Waals surface area contributed by atoms with Crippen molar-refractivity contribution in [3.05, 3.63) is 90.1 Å². The molecule has 2 aromatic heterocycles. The van der Waals surface area contributed by atoms with E-state index in [0.29, 0.717) is 16.8 Å². The lowest BCUT2D eigenvalue weighted by Gasteiger charge is -2.27. The van der Waals surface area contributed by atoms with Crippen molar-refractivity contribution in [1.82, 2.24) is 41.5 Å². The highest BCUT2D eigenvalue weighted by Crippen LogP contribution is 2.19. The molecule has 58 heavy (non-hydrogen) atoms. The number of amides is 5. The first kappa shape index (κ1) is 44.3. The summed E-state index contributed by atoms with van der Waals surface area (Å²) < 4.78 is 0. The van der Waals surface area contributed by atoms with Crippen LogP contribution in [0, 0.1) is 0 Å². The number of carbonyl (C=O) groups is 6. The molecule has 0 aliphatic heterocycles. The molecular formula is C38H50N12O7S. The van der Waals surface area contributed by atoms with Gasteiger partial charge >= 0.3 is 5.97 Å². The van der Waals surface area contributed by atoms with Gasteiger partial charge in [0.15, 0.2) is 5.96 Å². The van der Waals surface area contributed by atoms with E-state index < -0.39 is 71.8 Å². The first-order valence-electron chi connectivity index (χ1n) is 18.5. The maximum atomic E-state index is 14.2. The second-order valence-electron chi connectivity index (χ2n) is 13.6. The first-order chi connectivity index (χ1) is 27.7. The second-order valence-corrected chi connectivity index (χ2v) is 14.0. The summed E-state index contributed by atoms with van der Waals surface area (Å²) in [5.74, 6) is -5.05. The number of guanidine groups is 1. The topological polar surface area (TPSA) is 318 Å². The van der Waals surface area contributed by atoms with Crippen LogP contribution in [-0.4, -0.2) is 110 Å². The van der Waals surface area contributed by atoms with E-state index in [1.165, 1.54) is 19.4 Å². The highest BCUT2D eigenvalue weighted by Gasteiger charge is 2.33. The second kappa shape index (κ2) is 21.8. The van der Waals surface area contributed by atoms with Crippen molar-refractivity contribution < 1.29 is 33.9 Å². The van der Waals surface area contributed by atoms with Crippen LogP contribution in [0.15, 0.2) is 78.3 Å². The molecule has 0 saturated heterocycles. The Labute approximate surface area is 339 Å². The number of aliphatic carboxylic acids is 1. The van der Waals surface area contributed by atoms with E-state index >= 15 is 0 Å². The molecule has 4 rings (SSSR count). The quantitative estimate of drug-likeness (QED) is 0.0193. The van der Waals surface area contributed by atoms with Crippen molar-refractivity contribution in [3.8, 4) is 0 Å². The van der Waals surface area contributed by atoms with Crippen molar-refractivity contribution in [3.63, 3.8) is 0 Å². The van der Waals surface area contributed by atoms with Gasteiger partial charge in [0.05, 0.1) is 12.4 Å². The number of carboxylic acid groups (broad SMARTS) is 1. The summed E-state index contributed by atoms with van der Waals surface area (Å²) in [6.07, 6.45) is 4.60. The molecule has 0 radical (unpaired) electrons. The maximum Gasteiger partial charge on any atom is 0.326 e. The minimum Gasteiger partial charge on any atom is -0.480 e. The van der Waals surface area contributed by atoms with E-state index in [2.05, 4.69) is 59.2 Å². The number of imidazole rings is 1. The Balaban J connectivity index is 1.57. The summed E-state index contributed by atoms with van der Waals surface area (Å²) >= 11 is 4.01. The number of fused-ring (bicyclic) bond motifs is 1. The molecule has 0 fully saturated rings. The summed E-state index contributed by atoms with van der Waals surface area (Å²) in [5, 5.41) is 24.0. The number of para-hydroxylation sites is 1. The van der Waals surface area contributed by atoms with Crippen molar-refractivity contribution >= 4 is 65.0 Å². The summed E-state index contributed by atoms with van der Waals surface area (Å²) in [7, 11) is 0. The highest BCUT2D eigenvalue weighted by molar-refractivity contribution is 7.80. The third-order valence-electron chi connectivity index (χ3n) is 9.10. The molecule has 0 bridgehead atoms. The van der Waals surface area contributed by atoms with Gasteiger partial charge in [-0.25, -0.2) is 9.78 Å². The number of carboxylic acids is 1. The average molecular weight is 819 g/mol. The molecule has 2 aromatic carbocycles. The zero-order valence-electron chi connectivity index (χ0n) is 31.8. The summed E-state index contributed by atoms with van der Waals surface area (Å²) in [4.78, 5) is 94.0. The van der Waals surface area contributed by atoms with Gasteiger partial charge in [0.1, 0.15) is 30.2 Å². The van der Waals surface area contributed by atoms with Gasteiger partial charge in [0, 0.05) is 60.6 Å². The lowest BCUT2D eigenvalue weighted by atomic mass is 10.0. The number of thiol groups is 1. The molecule has 0 unspecified atom stereocenters. The molecular weight excluding hydrogens is 769 g/mol. The van der Waals surface area contributed by atoms with Gasteiger partial charge < -0.3 is 58.9 Å². The van der Waals surface area contributed by atoms with Crippen LogP contribution in [0.2, 0.25) is 0 Å². The average Bonchev–Trinajstić information content (AvgIpc) is 3.88. The van der Waals surface area contributed by atoms with Crippen molar-refractivity contribution in [1.29, 1.82) is 0 Å². The standard InChI is InChI=1S/C38H50N12O7S/c1-21(46-33(52)26(39)19-58)32(51)48-30(16-24-18-42-20-45-24)36(55)49-29(14-22-8-3-2-4-9-22)35(54)47-28(12-7-13-43-38(40)41)34(53)50-31(37(56)57)15-23-17-44-27-11-6-5-10-25(23)27/h2-6,8-11,17-18,20-21,26,28-31,44,58H,7,12-16,19,39H2,1H3,(H,42,45)(H,46,52)(H,47,54)(H,48,51)(H,49,55)(H,50,53)(H,56,57)(H4,40,41,43)/t21-,26+,28+,29-,30+,31+/m1/s1. The normalized spacial score (nSPS) is 14.1. The Bertz CT molecular complexity index is 2040. The number of nitrogens with one attached hydrogen (secondary N) is 7. The highest BCUT2D eigenvalue weighted by atomic mass is 32.1. The fraction of sp³-hybridized carbons (Fsp3) is 0.368. The lowest BCUT2D eigenvalue weighted by molar-refractivity contribution is -0.142. The van der Waals surface area contributed by atoms with E-state index in [-0.39, 0.29) is 50.4 Å². The van der Waals surface area contributed by atoms with E-state index in [0.717, 1.165) is 10.9 Å². The lowest BCUT2D eigenvalue weighted by Crippen LogP contribution is -2.60. The number of carbonyl (C=O) groups excluding carboxylic acids is 5. The van der Waals surface area contributed by atoms with Crippen LogP contribution in [0.25, 0.3) is 10.9 Å². The molecule has 0 spiro atoms. The number of nitrogens with two attached hydrogens (primary N) is 3. The van der Waals surface area contributed by atoms with Crippen LogP contribution in [0.1, 0.15) is 36.6 Å². The molecule has 19 nitrogen and oxygen atoms in total. The zero-order valence-corrected chi connectivity index (χ0v) is 32.7. The van der Waals surface area contributed by atoms with Crippen molar-refractivity contribution in [2.24, 2.45) is 22.2 Å². The molecule has 6 atom stereocenters. The predicted molar refractivity (Wildman–Crippen MR) is 219 cm³/mol. The fourth-order valence-corrected chi connectivity index (χ4v) is 6.13. The first-order valence-corrected chi connectivity index (χ1v) is 19.1. The molecule has 0 aliphatic carbocycles. The number of aliphatic imine (C=N–C) groups is 1. The van der Waals surface area contributed by atoms with Gasteiger partial charge in [-0.1, -0.05) is 48.5 Å². The summed E-state index contributed by atoms with van der Waals surface area (Å²) in [5.41, 5.74) is 19.3. The maximum absolute atomic E-state index is 14.2. The minimum absolute atomic E-state index is 0.00122. The molecule has 310 valence electrons. The van der Waals surface area contributed by atoms with Gasteiger partial charge in [-0.15, -0.1) is 0 Å². The Morgan fingerprint density at radius 1 is 0.776 bits per heavy atom. The Kier molecular flexibility index (Phi) is 16.6. The molecule has 0 aliphatic rings. The molecule has 2 heterocycles. The zero-order chi connectivity index (χ0) is 42.2. The van der Waals surface area contributed by atoms with Crippen LogP contribution in [0.5, 0.6) is 0 Å². The summed E-state index contributed by atoms with van der Waals surface area (Å²) in [6.45, 7) is 1.53. The van der Waals surface area contributed by atoms with Crippen LogP contribution in [0.4, 0.5) is 0 Å². The Morgan fingerprint density at radius 2 is 1.40 bits per heavy atom. The number of aromatic amines is 2. The van der Waals surface area contributed by atoms with Gasteiger partial charge in [-0.3, -0.25) is 29.0 Å². The number of hydrogen-bond donors (Lipinski definition) is 12. The third-order valence-corrected chi connectivity index (χ3v) is 9.50. The number of H-pyrrole nitrogens is 2. The van der Waals surface area contributed by atoms with Crippen LogP contribution >= 0.6 is 12.6 Å². The molecule has 20 heteroatoms. The number of aromatic nitrogens is 3. The van der Waals surface area contributed by atoms with Crippen LogP contribution in [-0.2, 0) is 48.0 Å². The Morgan fingerprint density at radius 3 is 2.05 bits per heavy atom. The number of rotatable bonds is 22. The third kappa shape index (κ3) is 13.4. The van der Waals surface area contributed by atoms with Gasteiger partial charge in [0.25, 0.3) is 0 Å². The van der Waals surface area contributed by atoms with Crippen molar-refractivity contribution in [2.45, 2.75) is 75.3 Å².